The maximum atomic E-state index is 12.4. The molecular weight excluding hydrogens is 330 g/mol. The molecule has 0 bridgehead atoms. The number of likely N-dealkylation sites (tertiary alicyclic amines) is 1. The van der Waals surface area contributed by atoms with Crippen LogP contribution in [0.4, 0.5) is 0 Å². The third-order valence-corrected chi connectivity index (χ3v) is 4.41. The molecule has 136 valence electrons. The number of amides is 1. The molecule has 5 heteroatoms. The number of para-hydroxylation sites is 2. The lowest BCUT2D eigenvalue weighted by molar-refractivity contribution is -0.136. The molecule has 0 N–H and O–H groups in total. The molecule has 1 saturated heterocycles. The second-order valence-electron chi connectivity index (χ2n) is 6.57. The van der Waals surface area contributed by atoms with Crippen LogP contribution in [0.3, 0.4) is 0 Å². The van der Waals surface area contributed by atoms with Gasteiger partial charge in [0.25, 0.3) is 5.91 Å². The van der Waals surface area contributed by atoms with Gasteiger partial charge in [0, 0.05) is 13.1 Å². The normalized spacial score (nSPS) is 16.8. The van der Waals surface area contributed by atoms with Crippen LogP contribution in [0.5, 0.6) is 11.5 Å². The lowest BCUT2D eigenvalue weighted by Crippen LogP contribution is -2.41. The van der Waals surface area contributed by atoms with E-state index in [-0.39, 0.29) is 12.5 Å². The summed E-state index contributed by atoms with van der Waals surface area (Å²) in [6.45, 7) is 3.34. The highest BCUT2D eigenvalue weighted by Gasteiger charge is 2.23. The van der Waals surface area contributed by atoms with Crippen LogP contribution in [0.25, 0.3) is 0 Å². The van der Waals surface area contributed by atoms with E-state index in [1.54, 1.807) is 29.2 Å². The van der Waals surface area contributed by atoms with Crippen molar-refractivity contribution in [2.45, 2.75) is 19.8 Å². The van der Waals surface area contributed by atoms with Crippen molar-refractivity contribution in [2.75, 3.05) is 19.7 Å². The Morgan fingerprint density at radius 3 is 2.58 bits per heavy atom. The molecule has 1 atom stereocenters. The second-order valence-corrected chi connectivity index (χ2v) is 6.57. The molecular formula is C21H23NO4. The average molecular weight is 353 g/mol. The highest BCUT2D eigenvalue weighted by molar-refractivity contribution is 5.94. The number of ether oxygens (including phenoxy) is 2. The first kappa shape index (κ1) is 18.0. The molecule has 5 nitrogen and oxygen atoms in total. The van der Waals surface area contributed by atoms with Gasteiger partial charge in [0.15, 0.2) is 6.61 Å². The molecule has 0 unspecified atom stereocenters. The Morgan fingerprint density at radius 2 is 1.81 bits per heavy atom. The molecule has 3 rings (SSSR count). The summed E-state index contributed by atoms with van der Waals surface area (Å²) in [5.41, 5.74) is 0.302. The topological polar surface area (TPSA) is 55.8 Å². The summed E-state index contributed by atoms with van der Waals surface area (Å²) in [7, 11) is 0. The minimum absolute atomic E-state index is 0.147. The summed E-state index contributed by atoms with van der Waals surface area (Å²) < 4.78 is 11.0. The molecule has 1 aliphatic rings. The molecule has 26 heavy (non-hydrogen) atoms. The van der Waals surface area contributed by atoms with Crippen molar-refractivity contribution >= 4 is 11.9 Å². The van der Waals surface area contributed by atoms with Crippen LogP contribution in [0.2, 0.25) is 0 Å². The summed E-state index contributed by atoms with van der Waals surface area (Å²) in [5, 5.41) is 0. The maximum absolute atomic E-state index is 12.4. The predicted molar refractivity (Wildman–Crippen MR) is 98.2 cm³/mol. The summed E-state index contributed by atoms with van der Waals surface area (Å²) in [6, 6.07) is 16.1. The van der Waals surface area contributed by atoms with Crippen molar-refractivity contribution in [2.24, 2.45) is 5.92 Å². The van der Waals surface area contributed by atoms with Gasteiger partial charge in [0.2, 0.25) is 0 Å². The van der Waals surface area contributed by atoms with Gasteiger partial charge in [-0.05, 0) is 43.0 Å². The van der Waals surface area contributed by atoms with Crippen LogP contribution >= 0.6 is 0 Å². The number of piperidine rings is 1. The van der Waals surface area contributed by atoms with E-state index in [2.05, 4.69) is 6.92 Å². The lowest BCUT2D eigenvalue weighted by atomic mass is 10.0. The third kappa shape index (κ3) is 4.63. The number of hydrogen-bond acceptors (Lipinski definition) is 4. The number of carbonyl (C=O) groups excluding carboxylic acids is 2. The fourth-order valence-electron chi connectivity index (χ4n) is 3.05. The Balaban J connectivity index is 1.62. The first-order chi connectivity index (χ1) is 12.6. The predicted octanol–water partition coefficient (Wildman–Crippen LogP) is 3.89. The van der Waals surface area contributed by atoms with Gasteiger partial charge in [-0.25, -0.2) is 4.79 Å². The SMILES string of the molecule is C[C@H]1CCCN(C(=O)COC(=O)c2ccccc2Oc2ccccc2)C1. The third-order valence-electron chi connectivity index (χ3n) is 4.41. The van der Waals surface area contributed by atoms with E-state index >= 15 is 0 Å². The van der Waals surface area contributed by atoms with E-state index in [4.69, 9.17) is 9.47 Å². The van der Waals surface area contributed by atoms with Crippen LogP contribution in [-0.4, -0.2) is 36.5 Å². The van der Waals surface area contributed by atoms with Crippen molar-refractivity contribution in [1.29, 1.82) is 0 Å². The van der Waals surface area contributed by atoms with Gasteiger partial charge < -0.3 is 14.4 Å². The minimum Gasteiger partial charge on any atom is -0.456 e. The molecule has 2 aromatic rings. The fraction of sp³-hybridized carbons (Fsp3) is 0.333. The van der Waals surface area contributed by atoms with Gasteiger partial charge in [0.1, 0.15) is 17.1 Å². The van der Waals surface area contributed by atoms with Crippen LogP contribution in [-0.2, 0) is 9.53 Å². The van der Waals surface area contributed by atoms with Crippen molar-refractivity contribution in [3.05, 3.63) is 60.2 Å². The highest BCUT2D eigenvalue weighted by Crippen LogP contribution is 2.25. The molecule has 1 fully saturated rings. The standard InChI is InChI=1S/C21H23NO4/c1-16-8-7-13-22(14-16)20(23)15-25-21(24)18-11-5-6-12-19(18)26-17-9-3-2-4-10-17/h2-6,9-12,16H,7-8,13-15H2,1H3/t16-/m0/s1. The number of benzene rings is 2. The van der Waals surface area contributed by atoms with E-state index in [9.17, 15) is 9.59 Å². The Bertz CT molecular complexity index is 760. The second kappa shape index (κ2) is 8.52. The fourth-order valence-corrected chi connectivity index (χ4v) is 3.05. The Hall–Kier alpha value is -2.82. The monoisotopic (exact) mass is 353 g/mol. The largest absolute Gasteiger partial charge is 0.456 e. The van der Waals surface area contributed by atoms with Crippen LogP contribution < -0.4 is 4.74 Å². The van der Waals surface area contributed by atoms with Gasteiger partial charge in [-0.15, -0.1) is 0 Å². The molecule has 0 aliphatic carbocycles. The number of nitrogens with zero attached hydrogens (tertiary/aromatic N) is 1. The average Bonchev–Trinajstić information content (AvgIpc) is 2.67. The van der Waals surface area contributed by atoms with Crippen molar-refractivity contribution in [1.82, 2.24) is 4.90 Å². The zero-order chi connectivity index (χ0) is 18.4. The van der Waals surface area contributed by atoms with Gasteiger partial charge in [-0.1, -0.05) is 37.3 Å². The van der Waals surface area contributed by atoms with E-state index in [1.165, 1.54) is 0 Å². The molecule has 1 heterocycles. The summed E-state index contributed by atoms with van der Waals surface area (Å²) in [6.07, 6.45) is 2.13. The number of esters is 1. The number of hydrogen-bond donors (Lipinski definition) is 0. The van der Waals surface area contributed by atoms with Gasteiger partial charge >= 0.3 is 5.97 Å². The molecule has 0 saturated carbocycles. The number of rotatable bonds is 5. The van der Waals surface area contributed by atoms with E-state index < -0.39 is 5.97 Å². The van der Waals surface area contributed by atoms with Gasteiger partial charge in [-0.3, -0.25) is 4.79 Å². The quantitative estimate of drug-likeness (QED) is 0.765. The Kier molecular flexibility index (Phi) is 5.89. The molecule has 0 spiro atoms. The van der Waals surface area contributed by atoms with Crippen LogP contribution in [0.15, 0.2) is 54.6 Å². The summed E-state index contributed by atoms with van der Waals surface area (Å²) in [5.74, 6) is 0.818. The number of carbonyl (C=O) groups is 2. The zero-order valence-electron chi connectivity index (χ0n) is 14.9. The molecule has 1 aliphatic heterocycles. The zero-order valence-corrected chi connectivity index (χ0v) is 14.9. The van der Waals surface area contributed by atoms with E-state index in [1.807, 2.05) is 30.3 Å². The van der Waals surface area contributed by atoms with Crippen molar-refractivity contribution in [3.8, 4) is 11.5 Å². The summed E-state index contributed by atoms with van der Waals surface area (Å²) >= 11 is 0. The van der Waals surface area contributed by atoms with Crippen molar-refractivity contribution < 1.29 is 19.1 Å². The van der Waals surface area contributed by atoms with Gasteiger partial charge in [-0.2, -0.15) is 0 Å². The maximum Gasteiger partial charge on any atom is 0.342 e. The highest BCUT2D eigenvalue weighted by atomic mass is 16.5. The Morgan fingerprint density at radius 1 is 1.08 bits per heavy atom. The lowest BCUT2D eigenvalue weighted by Gasteiger charge is -2.30. The molecule has 0 aromatic heterocycles. The first-order valence-electron chi connectivity index (χ1n) is 8.90. The van der Waals surface area contributed by atoms with Crippen LogP contribution in [0.1, 0.15) is 30.1 Å². The first-order valence-corrected chi connectivity index (χ1v) is 8.90. The van der Waals surface area contributed by atoms with E-state index in [0.29, 0.717) is 23.0 Å². The minimum atomic E-state index is -0.560. The summed E-state index contributed by atoms with van der Waals surface area (Å²) in [4.78, 5) is 26.5. The van der Waals surface area contributed by atoms with Crippen LogP contribution in [0, 0.1) is 5.92 Å². The van der Waals surface area contributed by atoms with E-state index in [0.717, 1.165) is 25.9 Å². The Labute approximate surface area is 153 Å². The molecule has 1 amide bonds. The molecule has 2 aromatic carbocycles. The smallest absolute Gasteiger partial charge is 0.342 e. The van der Waals surface area contributed by atoms with Gasteiger partial charge in [0.05, 0.1) is 0 Å². The van der Waals surface area contributed by atoms with Crippen molar-refractivity contribution in [3.63, 3.8) is 0 Å². The molecule has 0 radical (unpaired) electrons.